The summed E-state index contributed by atoms with van der Waals surface area (Å²) in [6.07, 6.45) is 3.32. The second-order valence-electron chi connectivity index (χ2n) is 3.91. The zero-order chi connectivity index (χ0) is 8.01. The summed E-state index contributed by atoms with van der Waals surface area (Å²) in [7, 11) is 0. The van der Waals surface area contributed by atoms with Gasteiger partial charge in [0.05, 0.1) is 5.92 Å². The third-order valence-electron chi connectivity index (χ3n) is 3.39. The van der Waals surface area contributed by atoms with Gasteiger partial charge in [-0.2, -0.15) is 0 Å². The van der Waals surface area contributed by atoms with Crippen molar-refractivity contribution >= 4 is 5.97 Å². The zero-order valence-electron chi connectivity index (χ0n) is 6.79. The molecule has 0 aromatic rings. The van der Waals surface area contributed by atoms with Gasteiger partial charge >= 0.3 is 5.97 Å². The predicted octanol–water partition coefficient (Wildman–Crippen LogP) is 1.75. The average Bonchev–Trinajstić information content (AvgIpc) is 2.63. The van der Waals surface area contributed by atoms with Crippen LogP contribution in [0.3, 0.4) is 0 Å². The molecule has 0 radical (unpaired) electrons. The minimum Gasteiger partial charge on any atom is -0.481 e. The Hall–Kier alpha value is -0.530. The van der Waals surface area contributed by atoms with Crippen molar-refractivity contribution in [3.63, 3.8) is 0 Å². The molecule has 62 valence electrons. The Morgan fingerprint density at radius 1 is 1.55 bits per heavy atom. The maximum Gasteiger partial charge on any atom is 0.306 e. The lowest BCUT2D eigenvalue weighted by Gasteiger charge is -2.15. The van der Waals surface area contributed by atoms with E-state index >= 15 is 0 Å². The molecule has 0 saturated heterocycles. The molecule has 0 amide bonds. The molecule has 2 nitrogen and oxygen atoms in total. The highest BCUT2D eigenvalue weighted by molar-refractivity contribution is 5.71. The van der Waals surface area contributed by atoms with E-state index in [1.54, 1.807) is 0 Å². The van der Waals surface area contributed by atoms with E-state index in [9.17, 15) is 4.79 Å². The molecule has 2 fully saturated rings. The fourth-order valence-electron chi connectivity index (χ4n) is 2.74. The molecule has 0 aliphatic heterocycles. The van der Waals surface area contributed by atoms with Crippen molar-refractivity contribution in [3.05, 3.63) is 0 Å². The van der Waals surface area contributed by atoms with Crippen LogP contribution in [-0.2, 0) is 4.79 Å². The highest BCUT2D eigenvalue weighted by Gasteiger charge is 2.54. The molecule has 4 unspecified atom stereocenters. The van der Waals surface area contributed by atoms with Crippen LogP contribution in [0, 0.1) is 23.7 Å². The van der Waals surface area contributed by atoms with Crippen LogP contribution in [0.25, 0.3) is 0 Å². The highest BCUT2D eigenvalue weighted by Crippen LogP contribution is 2.59. The van der Waals surface area contributed by atoms with Crippen molar-refractivity contribution in [2.75, 3.05) is 0 Å². The van der Waals surface area contributed by atoms with Crippen LogP contribution in [0.4, 0.5) is 0 Å². The minimum atomic E-state index is -0.566. The number of carboxylic acids is 1. The largest absolute Gasteiger partial charge is 0.481 e. The standard InChI is InChI=1S/C9H14O2/c1-2-6-7-3-5(7)4-8(6)9(10)11/h5-8H,2-4H2,1H3,(H,10,11). The first kappa shape index (κ1) is 7.14. The van der Waals surface area contributed by atoms with E-state index in [1.165, 1.54) is 6.42 Å². The van der Waals surface area contributed by atoms with Crippen LogP contribution >= 0.6 is 0 Å². The first-order chi connectivity index (χ1) is 5.24. The Balaban J connectivity index is 2.06. The van der Waals surface area contributed by atoms with Gasteiger partial charge in [0.2, 0.25) is 0 Å². The maximum atomic E-state index is 10.7. The van der Waals surface area contributed by atoms with Gasteiger partial charge < -0.3 is 5.11 Å². The third-order valence-corrected chi connectivity index (χ3v) is 3.39. The van der Waals surface area contributed by atoms with Gasteiger partial charge in [0.15, 0.2) is 0 Å². The summed E-state index contributed by atoms with van der Waals surface area (Å²) in [6.45, 7) is 2.11. The number of hydrogen-bond acceptors (Lipinski definition) is 1. The molecule has 4 atom stereocenters. The second kappa shape index (κ2) is 2.23. The Kier molecular flexibility index (Phi) is 1.44. The normalized spacial score (nSPS) is 47.0. The lowest BCUT2D eigenvalue weighted by atomic mass is 9.89. The van der Waals surface area contributed by atoms with Crippen molar-refractivity contribution in [2.24, 2.45) is 23.7 Å². The highest BCUT2D eigenvalue weighted by atomic mass is 16.4. The summed E-state index contributed by atoms with van der Waals surface area (Å²) in [5.74, 6) is 1.48. The molecule has 1 N–H and O–H groups in total. The summed E-state index contributed by atoms with van der Waals surface area (Å²) in [5.41, 5.74) is 0. The Bertz CT molecular complexity index is 188. The molecule has 2 saturated carbocycles. The molecule has 2 aliphatic carbocycles. The monoisotopic (exact) mass is 154 g/mol. The van der Waals surface area contributed by atoms with E-state index in [-0.39, 0.29) is 5.92 Å². The smallest absolute Gasteiger partial charge is 0.306 e. The van der Waals surface area contributed by atoms with Crippen molar-refractivity contribution in [2.45, 2.75) is 26.2 Å². The van der Waals surface area contributed by atoms with Crippen LogP contribution in [0.15, 0.2) is 0 Å². The summed E-state index contributed by atoms with van der Waals surface area (Å²) >= 11 is 0. The number of aliphatic carboxylic acids is 1. The van der Waals surface area contributed by atoms with Crippen LogP contribution in [-0.4, -0.2) is 11.1 Å². The molecule has 0 aromatic heterocycles. The minimum absolute atomic E-state index is 0.0104. The molecule has 0 bridgehead atoms. The Morgan fingerprint density at radius 3 is 2.73 bits per heavy atom. The summed E-state index contributed by atoms with van der Waals surface area (Å²) < 4.78 is 0. The van der Waals surface area contributed by atoms with Gasteiger partial charge in [-0.15, -0.1) is 0 Å². The van der Waals surface area contributed by atoms with Crippen LogP contribution in [0.2, 0.25) is 0 Å². The summed E-state index contributed by atoms with van der Waals surface area (Å²) in [4.78, 5) is 10.7. The number of fused-ring (bicyclic) bond motifs is 1. The SMILES string of the molecule is CCC1C(C(=O)O)CC2CC21. The first-order valence-electron chi connectivity index (χ1n) is 4.46. The lowest BCUT2D eigenvalue weighted by Crippen LogP contribution is -2.20. The van der Waals surface area contributed by atoms with E-state index in [1.807, 2.05) is 0 Å². The molecule has 0 heterocycles. The molecule has 0 spiro atoms. The van der Waals surface area contributed by atoms with Crippen LogP contribution in [0.1, 0.15) is 26.2 Å². The number of hydrogen-bond donors (Lipinski definition) is 1. The van der Waals surface area contributed by atoms with Gasteiger partial charge in [-0.05, 0) is 30.6 Å². The Labute approximate surface area is 66.6 Å². The van der Waals surface area contributed by atoms with Crippen molar-refractivity contribution in [1.82, 2.24) is 0 Å². The third kappa shape index (κ3) is 0.959. The van der Waals surface area contributed by atoms with Gasteiger partial charge in [0.1, 0.15) is 0 Å². The summed E-state index contributed by atoms with van der Waals surface area (Å²) in [6, 6.07) is 0. The summed E-state index contributed by atoms with van der Waals surface area (Å²) in [5, 5.41) is 8.85. The van der Waals surface area contributed by atoms with Gasteiger partial charge in [-0.1, -0.05) is 13.3 Å². The van der Waals surface area contributed by atoms with Gasteiger partial charge in [0.25, 0.3) is 0 Å². The fraction of sp³-hybridized carbons (Fsp3) is 0.889. The Morgan fingerprint density at radius 2 is 2.27 bits per heavy atom. The molecular formula is C9H14O2. The molecule has 11 heavy (non-hydrogen) atoms. The van der Waals surface area contributed by atoms with Crippen molar-refractivity contribution in [3.8, 4) is 0 Å². The molecular weight excluding hydrogens is 140 g/mol. The topological polar surface area (TPSA) is 37.3 Å². The van der Waals surface area contributed by atoms with Crippen molar-refractivity contribution in [1.29, 1.82) is 0 Å². The van der Waals surface area contributed by atoms with E-state index in [0.29, 0.717) is 5.92 Å². The predicted molar refractivity (Wildman–Crippen MR) is 41.1 cm³/mol. The lowest BCUT2D eigenvalue weighted by molar-refractivity contribution is -0.143. The van der Waals surface area contributed by atoms with E-state index in [4.69, 9.17) is 5.11 Å². The van der Waals surface area contributed by atoms with Gasteiger partial charge in [-0.3, -0.25) is 4.79 Å². The van der Waals surface area contributed by atoms with Crippen LogP contribution in [0.5, 0.6) is 0 Å². The first-order valence-corrected chi connectivity index (χ1v) is 4.46. The number of rotatable bonds is 2. The van der Waals surface area contributed by atoms with Gasteiger partial charge in [-0.25, -0.2) is 0 Å². The second-order valence-corrected chi connectivity index (χ2v) is 3.91. The average molecular weight is 154 g/mol. The fourth-order valence-corrected chi connectivity index (χ4v) is 2.74. The maximum absolute atomic E-state index is 10.7. The number of carbonyl (C=O) groups is 1. The van der Waals surface area contributed by atoms with Crippen LogP contribution < -0.4 is 0 Å². The van der Waals surface area contributed by atoms with Crippen molar-refractivity contribution < 1.29 is 9.90 Å². The van der Waals surface area contributed by atoms with Gasteiger partial charge in [0, 0.05) is 0 Å². The van der Waals surface area contributed by atoms with E-state index < -0.39 is 5.97 Å². The number of carboxylic acid groups (broad SMARTS) is 1. The van der Waals surface area contributed by atoms with E-state index in [0.717, 1.165) is 24.7 Å². The zero-order valence-corrected chi connectivity index (χ0v) is 6.79. The molecule has 2 rings (SSSR count). The van der Waals surface area contributed by atoms with E-state index in [2.05, 4.69) is 6.92 Å². The molecule has 0 aromatic carbocycles. The quantitative estimate of drug-likeness (QED) is 0.658. The molecule has 2 heteroatoms. The molecule has 2 aliphatic rings.